The number of esters is 1. The van der Waals surface area contributed by atoms with Crippen LogP contribution in [0.15, 0.2) is 67.3 Å². The van der Waals surface area contributed by atoms with Gasteiger partial charge in [0.2, 0.25) is 0 Å². The third-order valence-electron chi connectivity index (χ3n) is 4.23. The van der Waals surface area contributed by atoms with Crippen molar-refractivity contribution in [3.05, 3.63) is 72.8 Å². The van der Waals surface area contributed by atoms with Gasteiger partial charge in [-0.1, -0.05) is 35.0 Å². The molecule has 10 heteroatoms. The van der Waals surface area contributed by atoms with Crippen molar-refractivity contribution in [3.63, 3.8) is 0 Å². The summed E-state index contributed by atoms with van der Waals surface area (Å²) in [4.78, 5) is 32.5. The van der Waals surface area contributed by atoms with Gasteiger partial charge in [0.05, 0.1) is 7.11 Å². The third-order valence-corrected chi connectivity index (χ3v) is 4.23. The number of benzene rings is 1. The van der Waals surface area contributed by atoms with Gasteiger partial charge >= 0.3 is 12.1 Å². The summed E-state index contributed by atoms with van der Waals surface area (Å²) in [6, 6.07) is 12.0. The third kappa shape index (κ3) is 7.55. The Kier molecular flexibility index (Phi) is 9.75. The number of alkyl carbamates (subject to hydrolysis) is 1. The largest absolute Gasteiger partial charge is 1.00 e. The summed E-state index contributed by atoms with van der Waals surface area (Å²) in [6.07, 6.45) is 6.31. The van der Waals surface area contributed by atoms with Crippen molar-refractivity contribution < 1.29 is 47.7 Å². The van der Waals surface area contributed by atoms with Crippen molar-refractivity contribution >= 4 is 12.1 Å². The number of halogens is 1. The second kappa shape index (κ2) is 12.5. The molecule has 0 radical (unpaired) electrons. The summed E-state index contributed by atoms with van der Waals surface area (Å²) in [5.41, 5.74) is 1.63. The van der Waals surface area contributed by atoms with Gasteiger partial charge in [-0.3, -0.25) is 0 Å². The first-order valence-corrected chi connectivity index (χ1v) is 9.34. The fourth-order valence-corrected chi connectivity index (χ4v) is 2.66. The Labute approximate surface area is 196 Å². The first-order valence-electron chi connectivity index (χ1n) is 9.34. The molecule has 3 rings (SSSR count). The Bertz CT molecular complexity index is 959. The average molecular weight is 535 g/mol. The number of hydrogen-bond donors (Lipinski definition) is 1. The lowest BCUT2D eigenvalue weighted by Gasteiger charge is -2.15. The molecule has 1 N–H and O–H groups in total. The van der Waals surface area contributed by atoms with Crippen molar-refractivity contribution in [1.82, 2.24) is 20.4 Å². The molecule has 0 fully saturated rings. The van der Waals surface area contributed by atoms with E-state index in [2.05, 4.69) is 20.4 Å². The Hall–Kier alpha value is -3.15. The zero-order valence-electron chi connectivity index (χ0n) is 16.8. The quantitative estimate of drug-likeness (QED) is 0.217. The number of amides is 1. The van der Waals surface area contributed by atoms with E-state index in [0.717, 1.165) is 11.1 Å². The minimum absolute atomic E-state index is 0. The molecule has 1 atom stereocenters. The van der Waals surface area contributed by atoms with Crippen LogP contribution in [0.4, 0.5) is 4.79 Å². The second-order valence-corrected chi connectivity index (χ2v) is 6.32. The maximum Gasteiger partial charge on any atom is 0.408 e. The lowest BCUT2D eigenvalue weighted by molar-refractivity contribution is -0.754. The number of rotatable bonds is 8. The van der Waals surface area contributed by atoms with Crippen molar-refractivity contribution in [2.24, 2.45) is 0 Å². The zero-order valence-corrected chi connectivity index (χ0v) is 19.0. The van der Waals surface area contributed by atoms with E-state index in [4.69, 9.17) is 9.47 Å². The van der Waals surface area contributed by atoms with Crippen LogP contribution in [0.1, 0.15) is 12.0 Å². The maximum absolute atomic E-state index is 12.1. The highest BCUT2D eigenvalue weighted by atomic mass is 127. The van der Waals surface area contributed by atoms with Gasteiger partial charge < -0.3 is 38.8 Å². The molecule has 162 valence electrons. The van der Waals surface area contributed by atoms with Gasteiger partial charge in [0, 0.05) is 30.4 Å². The molecule has 0 aliphatic carbocycles. The number of carbonyl (C=O) groups is 2. The van der Waals surface area contributed by atoms with Crippen molar-refractivity contribution in [2.75, 3.05) is 7.11 Å². The predicted octanol–water partition coefficient (Wildman–Crippen LogP) is -1.31. The summed E-state index contributed by atoms with van der Waals surface area (Å²) in [7, 11) is 1.27. The summed E-state index contributed by atoms with van der Waals surface area (Å²) < 4.78 is 11.6. The van der Waals surface area contributed by atoms with Crippen LogP contribution >= 0.6 is 0 Å². The molecule has 0 spiro atoms. The molecule has 1 aromatic carbocycles. The van der Waals surface area contributed by atoms with Crippen molar-refractivity contribution in [1.29, 1.82) is 0 Å². The fraction of sp³-hybridized carbons (Fsp3) is 0.238. The number of aromatic nitrogens is 4. The first kappa shape index (κ1) is 24.1. The standard InChI is InChI=1S/C21H21N5O4.HI/c1-29-20(27)18(25-21(28)30-15-16-6-3-2-4-7-16)9-13-26-12-8-17(14-24-26)19-22-10-5-11-23-19;/h2-8,10-12,14,18H,9,13,15H2,1H3;1H/t18-;/m0./s1. The highest BCUT2D eigenvalue weighted by molar-refractivity contribution is 5.81. The maximum atomic E-state index is 12.1. The van der Waals surface area contributed by atoms with E-state index < -0.39 is 18.1 Å². The Morgan fingerprint density at radius 2 is 1.84 bits per heavy atom. The van der Waals surface area contributed by atoms with Crippen LogP contribution in [-0.4, -0.2) is 40.3 Å². The molecule has 0 aliphatic rings. The van der Waals surface area contributed by atoms with Crippen LogP contribution in [0, 0.1) is 0 Å². The van der Waals surface area contributed by atoms with E-state index in [1.165, 1.54) is 7.11 Å². The zero-order chi connectivity index (χ0) is 21.2. The van der Waals surface area contributed by atoms with Crippen molar-refractivity contribution in [2.45, 2.75) is 25.6 Å². The second-order valence-electron chi connectivity index (χ2n) is 6.32. The normalized spacial score (nSPS) is 11.0. The monoisotopic (exact) mass is 535 g/mol. The van der Waals surface area contributed by atoms with Crippen LogP contribution in [-0.2, 0) is 27.4 Å². The summed E-state index contributed by atoms with van der Waals surface area (Å²) in [5, 5.41) is 6.86. The smallest absolute Gasteiger partial charge is 0.408 e. The van der Waals surface area contributed by atoms with Gasteiger partial charge in [-0.05, 0) is 16.7 Å². The van der Waals surface area contributed by atoms with E-state index in [9.17, 15) is 9.59 Å². The minimum Gasteiger partial charge on any atom is -1.00 e. The van der Waals surface area contributed by atoms with Crippen LogP contribution in [0.5, 0.6) is 0 Å². The summed E-state index contributed by atoms with van der Waals surface area (Å²) >= 11 is 0. The highest BCUT2D eigenvalue weighted by Gasteiger charge is 2.24. The molecule has 0 unspecified atom stereocenters. The number of carbonyl (C=O) groups excluding carboxylic acids is 2. The van der Waals surface area contributed by atoms with E-state index in [1.807, 2.05) is 36.4 Å². The number of nitrogens with zero attached hydrogens (tertiary/aromatic N) is 4. The lowest BCUT2D eigenvalue weighted by Crippen LogP contribution is -3.00. The molecule has 2 heterocycles. The topological polar surface area (TPSA) is 107 Å². The molecule has 0 aliphatic heterocycles. The molecular formula is C21H22IN5O4. The predicted molar refractivity (Wildman–Crippen MR) is 106 cm³/mol. The summed E-state index contributed by atoms with van der Waals surface area (Å²) in [6.45, 7) is 0.495. The Morgan fingerprint density at radius 1 is 1.10 bits per heavy atom. The van der Waals surface area contributed by atoms with Gasteiger partial charge in [-0.15, -0.1) is 0 Å². The van der Waals surface area contributed by atoms with Gasteiger partial charge in [0.25, 0.3) is 0 Å². The SMILES string of the molecule is COC(=O)[C@H](CC[n+]1ccc(-c2ncccn2)cn1)NC(=O)OCc1ccccc1.[I-]. The molecule has 9 nitrogen and oxygen atoms in total. The molecule has 31 heavy (non-hydrogen) atoms. The van der Waals surface area contributed by atoms with Crippen LogP contribution in [0.25, 0.3) is 11.4 Å². The highest BCUT2D eigenvalue weighted by Crippen LogP contribution is 2.09. The van der Waals surface area contributed by atoms with Gasteiger partial charge in [0.1, 0.15) is 18.8 Å². The van der Waals surface area contributed by atoms with Gasteiger partial charge in [-0.2, -0.15) is 0 Å². The van der Waals surface area contributed by atoms with E-state index >= 15 is 0 Å². The minimum atomic E-state index is -0.857. The molecule has 0 bridgehead atoms. The average Bonchev–Trinajstić information content (AvgIpc) is 2.81. The lowest BCUT2D eigenvalue weighted by atomic mass is 10.2. The molecule has 0 saturated carbocycles. The van der Waals surface area contributed by atoms with Crippen LogP contribution in [0.2, 0.25) is 0 Å². The molecule has 1 amide bonds. The van der Waals surface area contributed by atoms with E-state index in [-0.39, 0.29) is 37.0 Å². The van der Waals surface area contributed by atoms with Crippen LogP contribution < -0.4 is 34.0 Å². The number of hydrogen-bond acceptors (Lipinski definition) is 7. The number of ether oxygens (including phenoxy) is 2. The molecule has 2 aromatic heterocycles. The molecule has 3 aromatic rings. The first-order chi connectivity index (χ1) is 14.7. The number of nitrogens with one attached hydrogen (secondary N) is 1. The number of methoxy groups -OCH3 is 1. The number of aryl methyl sites for hydroxylation is 1. The van der Waals surface area contributed by atoms with E-state index in [1.54, 1.807) is 35.5 Å². The molecule has 0 saturated heterocycles. The Balaban J connectivity index is 0.00000341. The fourth-order valence-electron chi connectivity index (χ4n) is 2.66. The van der Waals surface area contributed by atoms with Gasteiger partial charge in [0.15, 0.2) is 18.6 Å². The Morgan fingerprint density at radius 3 is 2.48 bits per heavy atom. The van der Waals surface area contributed by atoms with Gasteiger partial charge in [-0.25, -0.2) is 19.6 Å². The molecular weight excluding hydrogens is 513 g/mol. The van der Waals surface area contributed by atoms with Crippen molar-refractivity contribution in [3.8, 4) is 11.4 Å². The van der Waals surface area contributed by atoms with E-state index in [0.29, 0.717) is 12.4 Å². The van der Waals surface area contributed by atoms with Crippen LogP contribution in [0.3, 0.4) is 0 Å². The summed E-state index contributed by atoms with van der Waals surface area (Å²) in [5.74, 6) is 0.0222.